The maximum absolute atomic E-state index is 13.4. The molecule has 0 saturated carbocycles. The Hall–Kier alpha value is -2.31. The van der Waals surface area contributed by atoms with Crippen molar-refractivity contribution in [3.05, 3.63) is 52.8 Å². The molecule has 1 aromatic heterocycles. The van der Waals surface area contributed by atoms with E-state index in [2.05, 4.69) is 10.4 Å². The van der Waals surface area contributed by atoms with Gasteiger partial charge in [-0.3, -0.25) is 9.48 Å². The number of halogens is 3. The molecule has 0 aliphatic carbocycles. The molecule has 0 saturated heterocycles. The van der Waals surface area contributed by atoms with E-state index in [4.69, 9.17) is 0 Å². The summed E-state index contributed by atoms with van der Waals surface area (Å²) in [5.41, 5.74) is 0.199. The SMILES string of the molecule is Cc1cccc(C(C)(C)CNC(=O)c2cnn(C(C)C)c2C(F)(F)F)c1. The van der Waals surface area contributed by atoms with E-state index in [0.717, 1.165) is 22.0 Å². The molecule has 2 rings (SSSR count). The highest BCUT2D eigenvalue weighted by molar-refractivity contribution is 5.95. The first kappa shape index (κ1) is 20.0. The van der Waals surface area contributed by atoms with E-state index >= 15 is 0 Å². The van der Waals surface area contributed by atoms with E-state index in [-0.39, 0.29) is 6.54 Å². The van der Waals surface area contributed by atoms with E-state index in [1.54, 1.807) is 13.8 Å². The van der Waals surface area contributed by atoms with Gasteiger partial charge in [0.1, 0.15) is 0 Å². The number of rotatable bonds is 5. The second kappa shape index (κ2) is 7.13. The summed E-state index contributed by atoms with van der Waals surface area (Å²) in [7, 11) is 0. The van der Waals surface area contributed by atoms with Gasteiger partial charge in [-0.1, -0.05) is 43.7 Å². The summed E-state index contributed by atoms with van der Waals surface area (Å²) in [6.45, 7) is 9.22. The van der Waals surface area contributed by atoms with Crippen LogP contribution in [0.5, 0.6) is 0 Å². The van der Waals surface area contributed by atoms with Gasteiger partial charge in [-0.25, -0.2) is 0 Å². The first-order valence-electron chi connectivity index (χ1n) is 8.43. The first-order chi connectivity index (χ1) is 11.9. The Kier molecular flexibility index (Phi) is 5.49. The number of carbonyl (C=O) groups is 1. The van der Waals surface area contributed by atoms with Crippen LogP contribution < -0.4 is 5.32 Å². The number of nitrogens with one attached hydrogen (secondary N) is 1. The number of aryl methyl sites for hydroxylation is 1. The summed E-state index contributed by atoms with van der Waals surface area (Å²) in [6, 6.07) is 7.33. The van der Waals surface area contributed by atoms with E-state index in [1.165, 1.54) is 0 Å². The lowest BCUT2D eigenvalue weighted by molar-refractivity contribution is -0.145. The fourth-order valence-electron chi connectivity index (χ4n) is 2.77. The number of aromatic nitrogens is 2. The molecule has 142 valence electrons. The van der Waals surface area contributed by atoms with Crippen LogP contribution >= 0.6 is 0 Å². The van der Waals surface area contributed by atoms with Crippen molar-refractivity contribution in [3.63, 3.8) is 0 Å². The predicted octanol–water partition coefficient (Wildman–Crippen LogP) is 4.50. The summed E-state index contributed by atoms with van der Waals surface area (Å²) < 4.78 is 41.1. The fraction of sp³-hybridized carbons (Fsp3) is 0.474. The molecule has 1 N–H and O–H groups in total. The summed E-state index contributed by atoms with van der Waals surface area (Å²) >= 11 is 0. The molecular formula is C19H24F3N3O. The van der Waals surface area contributed by atoms with E-state index in [9.17, 15) is 18.0 Å². The van der Waals surface area contributed by atoms with Gasteiger partial charge in [0.15, 0.2) is 5.69 Å². The maximum Gasteiger partial charge on any atom is 0.433 e. The molecule has 0 unspecified atom stereocenters. The van der Waals surface area contributed by atoms with E-state index in [1.807, 2.05) is 45.0 Å². The largest absolute Gasteiger partial charge is 0.433 e. The third kappa shape index (κ3) is 4.26. The third-order valence-electron chi connectivity index (χ3n) is 4.29. The average Bonchev–Trinajstić information content (AvgIpc) is 2.98. The van der Waals surface area contributed by atoms with Crippen LogP contribution in [0, 0.1) is 6.92 Å². The standard InChI is InChI=1S/C19H24F3N3O/c1-12(2)25-16(19(20,21)22)15(10-24-25)17(26)23-11-18(4,5)14-8-6-7-13(3)9-14/h6-10,12H,11H2,1-5H3,(H,23,26). The Bertz CT molecular complexity index is 792. The van der Waals surface area contributed by atoms with Crippen LogP contribution in [0.3, 0.4) is 0 Å². The molecule has 1 aromatic carbocycles. The molecule has 0 spiro atoms. The number of carbonyl (C=O) groups excluding carboxylic acids is 1. The van der Waals surface area contributed by atoms with Gasteiger partial charge in [0.25, 0.3) is 5.91 Å². The number of alkyl halides is 3. The highest BCUT2D eigenvalue weighted by Gasteiger charge is 2.40. The zero-order chi connectivity index (χ0) is 19.7. The molecule has 0 aliphatic heterocycles. The second-order valence-electron chi connectivity index (χ2n) is 7.38. The van der Waals surface area contributed by atoms with Crippen LogP contribution in [0.15, 0.2) is 30.5 Å². The van der Waals surface area contributed by atoms with Crippen molar-refractivity contribution in [2.24, 2.45) is 0 Å². The smallest absolute Gasteiger partial charge is 0.351 e. The van der Waals surface area contributed by atoms with Gasteiger partial charge >= 0.3 is 6.18 Å². The quantitative estimate of drug-likeness (QED) is 0.846. The van der Waals surface area contributed by atoms with Crippen LogP contribution in [0.1, 0.15) is 60.9 Å². The van der Waals surface area contributed by atoms with Crippen LogP contribution in [-0.4, -0.2) is 22.2 Å². The lowest BCUT2D eigenvalue weighted by Gasteiger charge is -2.26. The van der Waals surface area contributed by atoms with Gasteiger partial charge in [0, 0.05) is 18.0 Å². The molecule has 0 fully saturated rings. The topological polar surface area (TPSA) is 46.9 Å². The van der Waals surface area contributed by atoms with Crippen molar-refractivity contribution in [2.75, 3.05) is 6.54 Å². The summed E-state index contributed by atoms with van der Waals surface area (Å²) in [5.74, 6) is -0.773. The number of nitrogens with zero attached hydrogens (tertiary/aromatic N) is 2. The predicted molar refractivity (Wildman–Crippen MR) is 94.2 cm³/mol. The van der Waals surface area contributed by atoms with Gasteiger partial charge in [-0.15, -0.1) is 0 Å². The molecule has 0 bridgehead atoms. The molecule has 0 radical (unpaired) electrons. The zero-order valence-electron chi connectivity index (χ0n) is 15.6. The van der Waals surface area contributed by atoms with Crippen molar-refractivity contribution in [3.8, 4) is 0 Å². The van der Waals surface area contributed by atoms with E-state index in [0.29, 0.717) is 0 Å². The monoisotopic (exact) mass is 367 g/mol. The van der Waals surface area contributed by atoms with Gasteiger partial charge in [0.2, 0.25) is 0 Å². The van der Waals surface area contributed by atoms with Crippen molar-refractivity contribution in [1.82, 2.24) is 15.1 Å². The minimum atomic E-state index is -4.65. The Balaban J connectivity index is 2.23. The van der Waals surface area contributed by atoms with Gasteiger partial charge in [0.05, 0.1) is 11.8 Å². The zero-order valence-corrected chi connectivity index (χ0v) is 15.6. The van der Waals surface area contributed by atoms with Gasteiger partial charge in [-0.05, 0) is 26.3 Å². The summed E-state index contributed by atoms with van der Waals surface area (Å²) in [4.78, 5) is 12.4. The second-order valence-corrected chi connectivity index (χ2v) is 7.38. The number of hydrogen-bond donors (Lipinski definition) is 1. The molecule has 1 amide bonds. The normalized spacial score (nSPS) is 12.5. The van der Waals surface area contributed by atoms with Crippen molar-refractivity contribution in [1.29, 1.82) is 0 Å². The van der Waals surface area contributed by atoms with Crippen LogP contribution in [0.4, 0.5) is 13.2 Å². The molecule has 7 heteroatoms. The Morgan fingerprint density at radius 1 is 1.27 bits per heavy atom. The molecule has 0 aliphatic rings. The van der Waals surface area contributed by atoms with Crippen LogP contribution in [0.2, 0.25) is 0 Å². The Morgan fingerprint density at radius 3 is 2.46 bits per heavy atom. The van der Waals surface area contributed by atoms with Crippen molar-refractivity contribution in [2.45, 2.75) is 52.3 Å². The molecular weight excluding hydrogens is 343 g/mol. The Labute approximate surface area is 151 Å². The van der Waals surface area contributed by atoms with Crippen LogP contribution in [-0.2, 0) is 11.6 Å². The third-order valence-corrected chi connectivity index (χ3v) is 4.29. The summed E-state index contributed by atoms with van der Waals surface area (Å²) in [5, 5.41) is 6.38. The van der Waals surface area contributed by atoms with Gasteiger partial charge in [-0.2, -0.15) is 18.3 Å². The lowest BCUT2D eigenvalue weighted by atomic mass is 9.84. The maximum atomic E-state index is 13.4. The number of benzene rings is 1. The van der Waals surface area contributed by atoms with E-state index < -0.39 is 34.8 Å². The average molecular weight is 367 g/mol. The Morgan fingerprint density at radius 2 is 1.92 bits per heavy atom. The van der Waals surface area contributed by atoms with Crippen molar-refractivity contribution < 1.29 is 18.0 Å². The van der Waals surface area contributed by atoms with Crippen LogP contribution in [0.25, 0.3) is 0 Å². The summed E-state index contributed by atoms with van der Waals surface area (Å²) in [6.07, 6.45) is -3.67. The fourth-order valence-corrected chi connectivity index (χ4v) is 2.77. The highest BCUT2D eigenvalue weighted by atomic mass is 19.4. The van der Waals surface area contributed by atoms with Gasteiger partial charge < -0.3 is 5.32 Å². The number of amides is 1. The minimum Gasteiger partial charge on any atom is -0.351 e. The first-order valence-corrected chi connectivity index (χ1v) is 8.43. The van der Waals surface area contributed by atoms with Crippen molar-refractivity contribution >= 4 is 5.91 Å². The molecule has 1 heterocycles. The highest BCUT2D eigenvalue weighted by Crippen LogP contribution is 2.33. The molecule has 2 aromatic rings. The molecule has 26 heavy (non-hydrogen) atoms. The molecule has 0 atom stereocenters. The number of hydrogen-bond acceptors (Lipinski definition) is 2. The molecule has 4 nitrogen and oxygen atoms in total. The minimum absolute atomic E-state index is 0.208. The lowest BCUT2D eigenvalue weighted by Crippen LogP contribution is -2.37.